The lowest BCUT2D eigenvalue weighted by Gasteiger charge is -2.13. The van der Waals surface area contributed by atoms with Gasteiger partial charge in [-0.15, -0.1) is 0 Å². The monoisotopic (exact) mass is 306 g/mol. The van der Waals surface area contributed by atoms with Crippen LogP contribution < -0.4 is 10.5 Å². The lowest BCUT2D eigenvalue weighted by atomic mass is 10.1. The highest BCUT2D eigenvalue weighted by Crippen LogP contribution is 2.24. The number of sulfonamides is 1. The summed E-state index contributed by atoms with van der Waals surface area (Å²) in [7, 11) is -3.65. The van der Waals surface area contributed by atoms with E-state index in [1.54, 1.807) is 45.2 Å². The van der Waals surface area contributed by atoms with Crippen molar-refractivity contribution in [1.82, 2.24) is 14.7 Å². The topological polar surface area (TPSA) is 98.0 Å². The van der Waals surface area contributed by atoms with E-state index in [0.29, 0.717) is 28.3 Å². The molecule has 6 nitrogen and oxygen atoms in total. The Balaban J connectivity index is 2.29. The fourth-order valence-corrected chi connectivity index (χ4v) is 3.60. The van der Waals surface area contributed by atoms with Gasteiger partial charge in [0.15, 0.2) is 0 Å². The van der Waals surface area contributed by atoms with Crippen molar-refractivity contribution in [3.05, 3.63) is 47.0 Å². The van der Waals surface area contributed by atoms with E-state index in [2.05, 4.69) is 14.7 Å². The molecule has 1 heterocycles. The molecule has 0 unspecified atom stereocenters. The lowest BCUT2D eigenvalue weighted by Crippen LogP contribution is -2.25. The highest BCUT2D eigenvalue weighted by Gasteiger charge is 2.20. The van der Waals surface area contributed by atoms with Gasteiger partial charge in [0.2, 0.25) is 10.0 Å². The molecule has 0 saturated heterocycles. The largest absolute Gasteiger partial charge is 0.398 e. The Morgan fingerprint density at radius 2 is 1.90 bits per heavy atom. The fourth-order valence-electron chi connectivity index (χ4n) is 2.10. The van der Waals surface area contributed by atoms with Gasteiger partial charge in [0.1, 0.15) is 5.82 Å². The highest BCUT2D eigenvalue weighted by atomic mass is 32.2. The average molecular weight is 306 g/mol. The molecule has 0 radical (unpaired) electrons. The van der Waals surface area contributed by atoms with E-state index in [1.807, 2.05) is 0 Å². The van der Waals surface area contributed by atoms with Crippen LogP contribution in [0.15, 0.2) is 29.3 Å². The van der Waals surface area contributed by atoms with Gasteiger partial charge in [-0.1, -0.05) is 6.07 Å². The van der Waals surface area contributed by atoms with Gasteiger partial charge in [-0.2, -0.15) is 0 Å². The normalized spacial score (nSPS) is 11.6. The Hall–Kier alpha value is -1.99. The van der Waals surface area contributed by atoms with Crippen LogP contribution in [0.5, 0.6) is 0 Å². The van der Waals surface area contributed by atoms with Gasteiger partial charge in [-0.3, -0.25) is 0 Å². The van der Waals surface area contributed by atoms with E-state index in [-0.39, 0.29) is 11.4 Å². The number of anilines is 1. The summed E-state index contributed by atoms with van der Waals surface area (Å²) in [6.07, 6.45) is 1.60. The number of nitrogens with zero attached hydrogens (tertiary/aromatic N) is 2. The molecule has 0 aliphatic heterocycles. The number of aryl methyl sites for hydroxylation is 2. The molecule has 0 aliphatic carbocycles. The zero-order valence-corrected chi connectivity index (χ0v) is 13.0. The second-order valence-electron chi connectivity index (χ2n) is 4.85. The standard InChI is InChI=1S/C14H18N4O2S/c1-9-4-5-13(15)10(2)14(9)21(19,20)17-8-12-6-7-16-11(3)18-12/h4-7,17H,8,15H2,1-3H3. The van der Waals surface area contributed by atoms with Crippen molar-refractivity contribution in [2.45, 2.75) is 32.2 Å². The van der Waals surface area contributed by atoms with Gasteiger partial charge in [-0.05, 0) is 44.0 Å². The number of hydrogen-bond donors (Lipinski definition) is 2. The summed E-state index contributed by atoms with van der Waals surface area (Å²) in [5.41, 5.74) is 8.09. The van der Waals surface area contributed by atoms with Crippen molar-refractivity contribution < 1.29 is 8.42 Å². The van der Waals surface area contributed by atoms with E-state index in [0.717, 1.165) is 0 Å². The molecule has 0 amide bonds. The second kappa shape index (κ2) is 5.79. The molecule has 3 N–H and O–H groups in total. The maximum absolute atomic E-state index is 12.5. The van der Waals surface area contributed by atoms with E-state index in [4.69, 9.17) is 5.73 Å². The van der Waals surface area contributed by atoms with Crippen LogP contribution in [0.25, 0.3) is 0 Å². The Labute approximate surface area is 124 Å². The Morgan fingerprint density at radius 1 is 1.19 bits per heavy atom. The third-order valence-corrected chi connectivity index (χ3v) is 4.88. The predicted molar refractivity (Wildman–Crippen MR) is 81.1 cm³/mol. The fraction of sp³-hybridized carbons (Fsp3) is 0.286. The molecular weight excluding hydrogens is 288 g/mol. The van der Waals surface area contributed by atoms with Gasteiger partial charge < -0.3 is 5.73 Å². The summed E-state index contributed by atoms with van der Waals surface area (Å²) in [5.74, 6) is 0.600. The number of nitrogens with one attached hydrogen (secondary N) is 1. The Morgan fingerprint density at radius 3 is 2.57 bits per heavy atom. The minimum Gasteiger partial charge on any atom is -0.398 e. The van der Waals surface area contributed by atoms with E-state index in [9.17, 15) is 8.42 Å². The average Bonchev–Trinajstić information content (AvgIpc) is 2.41. The van der Waals surface area contributed by atoms with E-state index in [1.165, 1.54) is 0 Å². The molecule has 1 aromatic carbocycles. The van der Waals surface area contributed by atoms with Crippen molar-refractivity contribution in [2.75, 3.05) is 5.73 Å². The SMILES string of the molecule is Cc1nccc(CNS(=O)(=O)c2c(C)ccc(N)c2C)n1. The van der Waals surface area contributed by atoms with Crippen LogP contribution in [-0.2, 0) is 16.6 Å². The van der Waals surface area contributed by atoms with Crippen molar-refractivity contribution in [3.8, 4) is 0 Å². The van der Waals surface area contributed by atoms with Gasteiger partial charge in [0.05, 0.1) is 17.1 Å². The number of rotatable bonds is 4. The van der Waals surface area contributed by atoms with Crippen molar-refractivity contribution >= 4 is 15.7 Å². The van der Waals surface area contributed by atoms with Crippen LogP contribution in [0.2, 0.25) is 0 Å². The van der Waals surface area contributed by atoms with Gasteiger partial charge in [0, 0.05) is 11.9 Å². The Bertz CT molecular complexity index is 773. The molecular formula is C14H18N4O2S. The molecule has 0 spiro atoms. The molecule has 112 valence electrons. The van der Waals surface area contributed by atoms with Crippen molar-refractivity contribution in [3.63, 3.8) is 0 Å². The maximum Gasteiger partial charge on any atom is 0.241 e. The number of hydrogen-bond acceptors (Lipinski definition) is 5. The van der Waals surface area contributed by atoms with Gasteiger partial charge in [-0.25, -0.2) is 23.1 Å². The van der Waals surface area contributed by atoms with E-state index < -0.39 is 10.0 Å². The van der Waals surface area contributed by atoms with Gasteiger partial charge >= 0.3 is 0 Å². The molecule has 2 aromatic rings. The molecule has 0 bridgehead atoms. The number of nitrogen functional groups attached to an aromatic ring is 1. The van der Waals surface area contributed by atoms with Crippen LogP contribution in [0, 0.1) is 20.8 Å². The minimum atomic E-state index is -3.65. The Kier molecular flexibility index (Phi) is 4.24. The van der Waals surface area contributed by atoms with Crippen LogP contribution in [0.4, 0.5) is 5.69 Å². The van der Waals surface area contributed by atoms with Crippen molar-refractivity contribution in [2.24, 2.45) is 0 Å². The summed E-state index contributed by atoms with van der Waals surface area (Å²) in [6, 6.07) is 5.08. The van der Waals surface area contributed by atoms with Gasteiger partial charge in [0.25, 0.3) is 0 Å². The van der Waals surface area contributed by atoms with Crippen LogP contribution in [-0.4, -0.2) is 18.4 Å². The zero-order chi connectivity index (χ0) is 15.6. The first-order valence-corrected chi connectivity index (χ1v) is 7.93. The van der Waals surface area contributed by atoms with Crippen LogP contribution in [0.1, 0.15) is 22.6 Å². The van der Waals surface area contributed by atoms with Crippen LogP contribution >= 0.6 is 0 Å². The number of nitrogens with two attached hydrogens (primary N) is 1. The summed E-state index contributed by atoms with van der Waals surface area (Å²) in [6.45, 7) is 5.31. The molecule has 1 aromatic heterocycles. The smallest absolute Gasteiger partial charge is 0.241 e. The molecule has 0 fully saturated rings. The quantitative estimate of drug-likeness (QED) is 0.833. The molecule has 7 heteroatoms. The van der Waals surface area contributed by atoms with E-state index >= 15 is 0 Å². The number of aromatic nitrogens is 2. The second-order valence-corrected chi connectivity index (χ2v) is 6.55. The molecule has 2 rings (SSSR count). The summed E-state index contributed by atoms with van der Waals surface area (Å²) in [5, 5.41) is 0. The van der Waals surface area contributed by atoms with Crippen LogP contribution in [0.3, 0.4) is 0 Å². The third kappa shape index (κ3) is 3.37. The summed E-state index contributed by atoms with van der Waals surface area (Å²) >= 11 is 0. The highest BCUT2D eigenvalue weighted by molar-refractivity contribution is 7.89. The molecule has 0 saturated carbocycles. The molecule has 0 atom stereocenters. The summed E-state index contributed by atoms with van der Waals surface area (Å²) < 4.78 is 27.5. The minimum absolute atomic E-state index is 0.110. The third-order valence-electron chi connectivity index (χ3n) is 3.19. The lowest BCUT2D eigenvalue weighted by molar-refractivity contribution is 0.579. The summed E-state index contributed by atoms with van der Waals surface area (Å²) in [4.78, 5) is 8.38. The zero-order valence-electron chi connectivity index (χ0n) is 12.2. The first kappa shape index (κ1) is 15.4. The number of benzene rings is 1. The molecule has 21 heavy (non-hydrogen) atoms. The molecule has 0 aliphatic rings. The predicted octanol–water partition coefficient (Wildman–Crippen LogP) is 1.46. The first-order valence-electron chi connectivity index (χ1n) is 6.45. The first-order chi connectivity index (χ1) is 9.81. The van der Waals surface area contributed by atoms with Crippen molar-refractivity contribution in [1.29, 1.82) is 0 Å². The maximum atomic E-state index is 12.5.